The van der Waals surface area contributed by atoms with Crippen LogP contribution in [0.2, 0.25) is 0 Å². The van der Waals surface area contributed by atoms with Gasteiger partial charge < -0.3 is 9.47 Å². The summed E-state index contributed by atoms with van der Waals surface area (Å²) in [7, 11) is 2.61. The first-order chi connectivity index (χ1) is 10.6. The summed E-state index contributed by atoms with van der Waals surface area (Å²) in [6.45, 7) is 0. The normalized spacial score (nSPS) is 13.5. The van der Waals surface area contributed by atoms with Crippen LogP contribution < -0.4 is 0 Å². The number of ether oxygens (including phenoxy) is 2. The van der Waals surface area contributed by atoms with Gasteiger partial charge in [0.15, 0.2) is 0 Å². The van der Waals surface area contributed by atoms with Crippen LogP contribution in [0.4, 0.5) is 0 Å². The second-order valence-corrected chi connectivity index (χ2v) is 5.56. The Morgan fingerprint density at radius 2 is 1.18 bits per heavy atom. The SMILES string of the molecule is COC(=O)c1cc2cc3c(cc2cc1C(=O)OC)CCCC3. The summed E-state index contributed by atoms with van der Waals surface area (Å²) in [6.07, 6.45) is 4.53. The number of esters is 2. The van der Waals surface area contributed by atoms with Gasteiger partial charge in [-0.05, 0) is 59.7 Å². The molecule has 3 rings (SSSR count). The van der Waals surface area contributed by atoms with Crippen LogP contribution in [-0.4, -0.2) is 26.2 Å². The number of rotatable bonds is 2. The van der Waals surface area contributed by atoms with Gasteiger partial charge in [-0.25, -0.2) is 9.59 Å². The largest absolute Gasteiger partial charge is 0.465 e. The molecule has 0 aliphatic heterocycles. The average molecular weight is 298 g/mol. The number of aryl methyl sites for hydroxylation is 2. The molecule has 0 amide bonds. The Morgan fingerprint density at radius 1 is 0.773 bits per heavy atom. The maximum atomic E-state index is 12.0. The maximum absolute atomic E-state index is 12.0. The highest BCUT2D eigenvalue weighted by Crippen LogP contribution is 2.29. The number of benzene rings is 2. The van der Waals surface area contributed by atoms with Gasteiger partial charge in [-0.2, -0.15) is 0 Å². The maximum Gasteiger partial charge on any atom is 0.338 e. The van der Waals surface area contributed by atoms with Gasteiger partial charge >= 0.3 is 11.9 Å². The van der Waals surface area contributed by atoms with Crippen molar-refractivity contribution in [1.29, 1.82) is 0 Å². The fraction of sp³-hybridized carbons (Fsp3) is 0.333. The third-order valence-corrected chi connectivity index (χ3v) is 4.25. The van der Waals surface area contributed by atoms with E-state index in [4.69, 9.17) is 9.47 Å². The van der Waals surface area contributed by atoms with E-state index in [-0.39, 0.29) is 11.1 Å². The Morgan fingerprint density at radius 3 is 1.55 bits per heavy atom. The van der Waals surface area contributed by atoms with E-state index < -0.39 is 11.9 Å². The predicted molar refractivity (Wildman–Crippen MR) is 83.3 cm³/mol. The Kier molecular flexibility index (Phi) is 3.84. The smallest absolute Gasteiger partial charge is 0.338 e. The van der Waals surface area contributed by atoms with E-state index in [1.165, 1.54) is 38.2 Å². The van der Waals surface area contributed by atoms with Crippen LogP contribution >= 0.6 is 0 Å². The molecule has 0 aromatic heterocycles. The fourth-order valence-corrected chi connectivity index (χ4v) is 3.10. The Hall–Kier alpha value is -2.36. The number of carbonyl (C=O) groups is 2. The lowest BCUT2D eigenvalue weighted by atomic mass is 9.88. The van der Waals surface area contributed by atoms with Gasteiger partial charge in [0.25, 0.3) is 0 Å². The minimum Gasteiger partial charge on any atom is -0.465 e. The Labute approximate surface area is 129 Å². The second-order valence-electron chi connectivity index (χ2n) is 5.56. The lowest BCUT2D eigenvalue weighted by Crippen LogP contribution is -2.12. The molecule has 0 saturated heterocycles. The molecular formula is C18H18O4. The van der Waals surface area contributed by atoms with E-state index in [0.717, 1.165) is 23.6 Å². The molecule has 22 heavy (non-hydrogen) atoms. The molecule has 0 bridgehead atoms. The van der Waals surface area contributed by atoms with Gasteiger partial charge in [-0.1, -0.05) is 12.1 Å². The van der Waals surface area contributed by atoms with Crippen molar-refractivity contribution in [1.82, 2.24) is 0 Å². The molecule has 0 radical (unpaired) electrons. The fourth-order valence-electron chi connectivity index (χ4n) is 3.10. The molecule has 0 unspecified atom stereocenters. The van der Waals surface area contributed by atoms with Crippen molar-refractivity contribution >= 4 is 22.7 Å². The second kappa shape index (κ2) is 5.79. The molecular weight excluding hydrogens is 280 g/mol. The zero-order chi connectivity index (χ0) is 15.7. The van der Waals surface area contributed by atoms with Crippen molar-refractivity contribution in [2.75, 3.05) is 14.2 Å². The van der Waals surface area contributed by atoms with E-state index in [9.17, 15) is 9.59 Å². The number of fused-ring (bicyclic) bond motifs is 2. The van der Waals surface area contributed by atoms with Crippen LogP contribution in [0.15, 0.2) is 24.3 Å². The minimum absolute atomic E-state index is 0.248. The minimum atomic E-state index is -0.528. The molecule has 0 heterocycles. The highest BCUT2D eigenvalue weighted by atomic mass is 16.5. The van der Waals surface area contributed by atoms with Gasteiger partial charge in [-0.3, -0.25) is 0 Å². The molecule has 0 atom stereocenters. The van der Waals surface area contributed by atoms with Crippen molar-refractivity contribution in [3.05, 3.63) is 46.5 Å². The molecule has 0 saturated carbocycles. The van der Waals surface area contributed by atoms with Crippen molar-refractivity contribution in [2.24, 2.45) is 0 Å². The van der Waals surface area contributed by atoms with E-state index in [1.807, 2.05) is 0 Å². The standard InChI is InChI=1S/C18H18O4/c1-21-17(19)15-9-13-7-11-5-3-4-6-12(11)8-14(13)10-16(15)18(20)22-2/h7-10H,3-6H2,1-2H3. The van der Waals surface area contributed by atoms with Crippen LogP contribution in [0.3, 0.4) is 0 Å². The van der Waals surface area contributed by atoms with Crippen molar-refractivity contribution in [2.45, 2.75) is 25.7 Å². The van der Waals surface area contributed by atoms with E-state index in [2.05, 4.69) is 12.1 Å². The van der Waals surface area contributed by atoms with Gasteiger partial charge in [-0.15, -0.1) is 0 Å². The third kappa shape index (κ3) is 2.45. The van der Waals surface area contributed by atoms with Crippen LogP contribution in [-0.2, 0) is 22.3 Å². The van der Waals surface area contributed by atoms with E-state index in [1.54, 1.807) is 12.1 Å². The first-order valence-corrected chi connectivity index (χ1v) is 7.40. The van der Waals surface area contributed by atoms with Crippen molar-refractivity contribution in [3.8, 4) is 0 Å². The highest BCUT2D eigenvalue weighted by Gasteiger charge is 2.20. The summed E-state index contributed by atoms with van der Waals surface area (Å²) >= 11 is 0. The van der Waals surface area contributed by atoms with Crippen LogP contribution in [0.5, 0.6) is 0 Å². The molecule has 1 aliphatic rings. The molecule has 0 spiro atoms. The van der Waals surface area contributed by atoms with Gasteiger partial charge in [0, 0.05) is 0 Å². The summed E-state index contributed by atoms with van der Waals surface area (Å²) in [5, 5.41) is 1.91. The first-order valence-electron chi connectivity index (χ1n) is 7.40. The predicted octanol–water partition coefficient (Wildman–Crippen LogP) is 3.29. The Balaban J connectivity index is 2.23. The van der Waals surface area contributed by atoms with Gasteiger partial charge in [0.05, 0.1) is 25.3 Å². The number of hydrogen-bond acceptors (Lipinski definition) is 4. The van der Waals surface area contributed by atoms with Crippen LogP contribution in [0.1, 0.15) is 44.7 Å². The lowest BCUT2D eigenvalue weighted by Gasteiger charge is -2.17. The number of methoxy groups -OCH3 is 2. The molecule has 0 N–H and O–H groups in total. The van der Waals surface area contributed by atoms with Crippen LogP contribution in [0.25, 0.3) is 10.8 Å². The summed E-state index contributed by atoms with van der Waals surface area (Å²) in [6, 6.07) is 7.69. The summed E-state index contributed by atoms with van der Waals surface area (Å²) < 4.78 is 9.57. The highest BCUT2D eigenvalue weighted by molar-refractivity contribution is 6.07. The third-order valence-electron chi connectivity index (χ3n) is 4.25. The zero-order valence-corrected chi connectivity index (χ0v) is 12.8. The average Bonchev–Trinajstić information content (AvgIpc) is 2.57. The van der Waals surface area contributed by atoms with Crippen LogP contribution in [0, 0.1) is 0 Å². The quantitative estimate of drug-likeness (QED) is 0.798. The molecule has 114 valence electrons. The van der Waals surface area contributed by atoms with Gasteiger partial charge in [0.1, 0.15) is 0 Å². The topological polar surface area (TPSA) is 52.6 Å². The molecule has 1 aliphatic carbocycles. The summed E-state index contributed by atoms with van der Waals surface area (Å²) in [5.41, 5.74) is 3.16. The van der Waals surface area contributed by atoms with Crippen molar-refractivity contribution in [3.63, 3.8) is 0 Å². The lowest BCUT2D eigenvalue weighted by molar-refractivity contribution is 0.0555. The first kappa shape index (κ1) is 14.6. The number of carbonyl (C=O) groups excluding carboxylic acids is 2. The van der Waals surface area contributed by atoms with E-state index >= 15 is 0 Å². The van der Waals surface area contributed by atoms with Crippen molar-refractivity contribution < 1.29 is 19.1 Å². The zero-order valence-electron chi connectivity index (χ0n) is 12.8. The molecule has 2 aromatic carbocycles. The molecule has 2 aromatic rings. The number of hydrogen-bond donors (Lipinski definition) is 0. The molecule has 4 heteroatoms. The summed E-state index contributed by atoms with van der Waals surface area (Å²) in [4.78, 5) is 23.9. The monoisotopic (exact) mass is 298 g/mol. The van der Waals surface area contributed by atoms with Gasteiger partial charge in [0.2, 0.25) is 0 Å². The Bertz CT molecular complexity index is 697. The van der Waals surface area contributed by atoms with E-state index in [0.29, 0.717) is 0 Å². The molecule has 0 fully saturated rings. The summed E-state index contributed by atoms with van der Waals surface area (Å²) in [5.74, 6) is -1.06. The molecule has 4 nitrogen and oxygen atoms in total.